The smallest absolute Gasteiger partial charge is 0.256 e. The predicted molar refractivity (Wildman–Crippen MR) is 98.8 cm³/mol. The Bertz CT molecular complexity index is 793. The van der Waals surface area contributed by atoms with Gasteiger partial charge in [-0.1, -0.05) is 12.1 Å². The second-order valence-electron chi connectivity index (χ2n) is 6.48. The Morgan fingerprint density at radius 1 is 1.38 bits per heavy atom. The Morgan fingerprint density at radius 3 is 2.96 bits per heavy atom. The van der Waals surface area contributed by atoms with E-state index in [4.69, 9.17) is 0 Å². The third kappa shape index (κ3) is 4.46. The molecule has 5 nitrogen and oxygen atoms in total. The Morgan fingerprint density at radius 2 is 2.19 bits per heavy atom. The molecule has 1 N–H and O–H groups in total. The summed E-state index contributed by atoms with van der Waals surface area (Å²) in [6.07, 6.45) is 2.55. The molecule has 0 spiro atoms. The summed E-state index contributed by atoms with van der Waals surface area (Å²) in [5.74, 6) is -0.599. The zero-order chi connectivity index (χ0) is 18.5. The molecule has 0 unspecified atom stereocenters. The number of rotatable bonds is 5. The monoisotopic (exact) mass is 375 g/mol. The van der Waals surface area contributed by atoms with Gasteiger partial charge >= 0.3 is 0 Å². The number of amides is 2. The molecule has 1 aliphatic heterocycles. The highest BCUT2D eigenvalue weighted by Gasteiger charge is 2.28. The highest BCUT2D eigenvalue weighted by molar-refractivity contribution is 7.09. The molecular weight excluding hydrogens is 353 g/mol. The Balaban J connectivity index is 1.63. The number of carbonyl (C=O) groups excluding carboxylic acids is 2. The summed E-state index contributed by atoms with van der Waals surface area (Å²) in [5.41, 5.74) is 1.08. The van der Waals surface area contributed by atoms with Gasteiger partial charge in [-0.3, -0.25) is 9.59 Å². The molecule has 0 saturated carbocycles. The van der Waals surface area contributed by atoms with E-state index in [1.165, 1.54) is 19.1 Å². The van der Waals surface area contributed by atoms with Gasteiger partial charge in [0.2, 0.25) is 5.91 Å². The van der Waals surface area contributed by atoms with Crippen LogP contribution in [0.2, 0.25) is 0 Å². The fraction of sp³-hybridized carbons (Fsp3) is 0.421. The van der Waals surface area contributed by atoms with Crippen molar-refractivity contribution in [3.05, 3.63) is 51.7 Å². The molecule has 1 saturated heterocycles. The van der Waals surface area contributed by atoms with Gasteiger partial charge in [0.1, 0.15) is 5.82 Å². The minimum atomic E-state index is -0.478. The minimum Gasteiger partial charge on any atom is -0.356 e. The van der Waals surface area contributed by atoms with Crippen LogP contribution in [-0.2, 0) is 11.2 Å². The molecule has 2 heterocycles. The number of nitrogens with zero attached hydrogens (tertiary/aromatic N) is 2. The molecule has 0 aliphatic carbocycles. The Kier molecular flexibility index (Phi) is 5.98. The largest absolute Gasteiger partial charge is 0.356 e. The summed E-state index contributed by atoms with van der Waals surface area (Å²) < 4.78 is 13.9. The van der Waals surface area contributed by atoms with Crippen molar-refractivity contribution in [1.29, 1.82) is 0 Å². The second kappa shape index (κ2) is 8.40. The van der Waals surface area contributed by atoms with Gasteiger partial charge in [-0.25, -0.2) is 9.37 Å². The number of carbonyl (C=O) groups is 2. The molecule has 2 aromatic rings. The van der Waals surface area contributed by atoms with Gasteiger partial charge in [0, 0.05) is 44.3 Å². The average Bonchev–Trinajstić information content (AvgIpc) is 3.10. The van der Waals surface area contributed by atoms with E-state index in [1.54, 1.807) is 28.4 Å². The number of thiazole rings is 1. The van der Waals surface area contributed by atoms with Crippen molar-refractivity contribution in [1.82, 2.24) is 15.2 Å². The van der Waals surface area contributed by atoms with Crippen molar-refractivity contribution >= 4 is 23.2 Å². The maximum Gasteiger partial charge on any atom is 0.256 e. The van der Waals surface area contributed by atoms with Crippen LogP contribution in [0, 0.1) is 5.82 Å². The Labute approximate surface area is 156 Å². The molecule has 7 heteroatoms. The molecule has 26 heavy (non-hydrogen) atoms. The highest BCUT2D eigenvalue weighted by atomic mass is 32.1. The van der Waals surface area contributed by atoms with E-state index < -0.39 is 5.82 Å². The van der Waals surface area contributed by atoms with E-state index >= 15 is 0 Å². The van der Waals surface area contributed by atoms with Crippen LogP contribution in [0.15, 0.2) is 29.6 Å². The number of piperidine rings is 1. The SMILES string of the molecule is CC(=O)NCCc1csc([C@H]2CCCN(C(=O)c3ccccc3F)C2)n1. The van der Waals surface area contributed by atoms with Crippen molar-refractivity contribution in [2.75, 3.05) is 19.6 Å². The van der Waals surface area contributed by atoms with Crippen LogP contribution < -0.4 is 5.32 Å². The number of likely N-dealkylation sites (tertiary alicyclic amines) is 1. The minimum absolute atomic E-state index is 0.0463. The van der Waals surface area contributed by atoms with Crippen molar-refractivity contribution < 1.29 is 14.0 Å². The normalized spacial score (nSPS) is 17.2. The number of aromatic nitrogens is 1. The van der Waals surface area contributed by atoms with E-state index in [9.17, 15) is 14.0 Å². The molecule has 2 amide bonds. The van der Waals surface area contributed by atoms with Gasteiger partial charge in [-0.05, 0) is 25.0 Å². The van der Waals surface area contributed by atoms with Crippen LogP contribution in [-0.4, -0.2) is 41.3 Å². The summed E-state index contributed by atoms with van der Waals surface area (Å²) in [7, 11) is 0. The lowest BCUT2D eigenvalue weighted by Crippen LogP contribution is -2.39. The zero-order valence-corrected chi connectivity index (χ0v) is 15.5. The summed E-state index contributed by atoms with van der Waals surface area (Å²) in [4.78, 5) is 30.0. The lowest BCUT2D eigenvalue weighted by atomic mass is 9.98. The van der Waals surface area contributed by atoms with Gasteiger partial charge in [0.15, 0.2) is 0 Å². The fourth-order valence-electron chi connectivity index (χ4n) is 3.16. The van der Waals surface area contributed by atoms with E-state index in [0.717, 1.165) is 23.5 Å². The maximum atomic E-state index is 13.9. The third-order valence-electron chi connectivity index (χ3n) is 4.49. The first-order valence-corrected chi connectivity index (χ1v) is 9.65. The first-order valence-electron chi connectivity index (χ1n) is 8.77. The van der Waals surface area contributed by atoms with E-state index in [2.05, 4.69) is 10.3 Å². The standard InChI is InChI=1S/C19H22FN3O2S/c1-13(24)21-9-8-15-12-26-18(22-15)14-5-4-10-23(11-14)19(25)16-6-2-3-7-17(16)20/h2-3,6-7,12,14H,4-5,8-11H2,1H3,(H,21,24)/t14-/m0/s1. The van der Waals surface area contributed by atoms with Crippen LogP contribution in [0.3, 0.4) is 0 Å². The van der Waals surface area contributed by atoms with E-state index in [-0.39, 0.29) is 23.3 Å². The summed E-state index contributed by atoms with van der Waals surface area (Å²) in [5, 5.41) is 5.78. The molecule has 138 valence electrons. The van der Waals surface area contributed by atoms with Crippen LogP contribution in [0.25, 0.3) is 0 Å². The molecule has 3 rings (SSSR count). The van der Waals surface area contributed by atoms with Crippen LogP contribution in [0.4, 0.5) is 4.39 Å². The van der Waals surface area contributed by atoms with E-state index in [0.29, 0.717) is 26.1 Å². The first kappa shape index (κ1) is 18.5. The average molecular weight is 375 g/mol. The van der Waals surface area contributed by atoms with Crippen LogP contribution in [0.1, 0.15) is 46.7 Å². The first-order chi connectivity index (χ1) is 12.5. The van der Waals surface area contributed by atoms with Crippen LogP contribution >= 0.6 is 11.3 Å². The molecule has 0 radical (unpaired) electrons. The number of hydrogen-bond donors (Lipinski definition) is 1. The number of nitrogens with one attached hydrogen (secondary N) is 1. The topological polar surface area (TPSA) is 62.3 Å². The molecule has 1 atom stereocenters. The van der Waals surface area contributed by atoms with Gasteiger partial charge in [0.25, 0.3) is 5.91 Å². The maximum absolute atomic E-state index is 13.9. The predicted octanol–water partition coefficient (Wildman–Crippen LogP) is 2.98. The van der Waals surface area contributed by atoms with Gasteiger partial charge in [-0.2, -0.15) is 0 Å². The quantitative estimate of drug-likeness (QED) is 0.874. The zero-order valence-electron chi connectivity index (χ0n) is 14.7. The van der Waals surface area contributed by atoms with Crippen molar-refractivity contribution in [3.63, 3.8) is 0 Å². The molecular formula is C19H22FN3O2S. The summed E-state index contributed by atoms with van der Waals surface area (Å²) >= 11 is 1.59. The highest BCUT2D eigenvalue weighted by Crippen LogP contribution is 2.30. The summed E-state index contributed by atoms with van der Waals surface area (Å²) in [6, 6.07) is 6.12. The lowest BCUT2D eigenvalue weighted by molar-refractivity contribution is -0.118. The number of halogens is 1. The number of benzene rings is 1. The molecule has 1 aromatic heterocycles. The van der Waals surface area contributed by atoms with E-state index in [1.807, 2.05) is 5.38 Å². The number of hydrogen-bond acceptors (Lipinski definition) is 4. The lowest BCUT2D eigenvalue weighted by Gasteiger charge is -2.32. The van der Waals surface area contributed by atoms with Crippen molar-refractivity contribution in [2.24, 2.45) is 0 Å². The molecule has 1 aliphatic rings. The Hall–Kier alpha value is -2.28. The van der Waals surface area contributed by atoms with Crippen molar-refractivity contribution in [3.8, 4) is 0 Å². The molecule has 1 aromatic carbocycles. The van der Waals surface area contributed by atoms with Crippen LogP contribution in [0.5, 0.6) is 0 Å². The second-order valence-corrected chi connectivity index (χ2v) is 7.37. The van der Waals surface area contributed by atoms with Gasteiger partial charge < -0.3 is 10.2 Å². The third-order valence-corrected chi connectivity index (χ3v) is 5.54. The molecule has 1 fully saturated rings. The fourth-order valence-corrected chi connectivity index (χ4v) is 4.14. The van der Waals surface area contributed by atoms with Gasteiger partial charge in [-0.15, -0.1) is 11.3 Å². The summed E-state index contributed by atoms with van der Waals surface area (Å²) in [6.45, 7) is 3.27. The van der Waals surface area contributed by atoms with Crippen molar-refractivity contribution in [2.45, 2.75) is 32.1 Å². The molecule has 0 bridgehead atoms. The van der Waals surface area contributed by atoms with Gasteiger partial charge in [0.05, 0.1) is 16.3 Å².